The van der Waals surface area contributed by atoms with Crippen LogP contribution in [0.1, 0.15) is 31.2 Å². The Bertz CT molecular complexity index is 463. The van der Waals surface area contributed by atoms with Crippen molar-refractivity contribution >= 4 is 0 Å². The zero-order chi connectivity index (χ0) is 14.1. The molecule has 0 spiro atoms. The van der Waals surface area contributed by atoms with Crippen molar-refractivity contribution in [2.24, 2.45) is 5.92 Å². The van der Waals surface area contributed by atoms with Crippen LogP contribution in [0.25, 0.3) is 0 Å². The monoisotopic (exact) mass is 288 g/mol. The Morgan fingerprint density at radius 1 is 1.19 bits per heavy atom. The van der Waals surface area contributed by atoms with Crippen LogP contribution in [-0.4, -0.2) is 47.8 Å². The van der Waals surface area contributed by atoms with E-state index in [0.29, 0.717) is 12.6 Å². The Morgan fingerprint density at radius 3 is 2.86 bits per heavy atom. The van der Waals surface area contributed by atoms with Gasteiger partial charge >= 0.3 is 0 Å². The summed E-state index contributed by atoms with van der Waals surface area (Å²) < 4.78 is 12.2. The van der Waals surface area contributed by atoms with Gasteiger partial charge in [0.2, 0.25) is 0 Å². The van der Waals surface area contributed by atoms with Gasteiger partial charge in [0.15, 0.2) is 0 Å². The van der Waals surface area contributed by atoms with Gasteiger partial charge in [-0.3, -0.25) is 9.88 Å². The second kappa shape index (κ2) is 6.03. The van der Waals surface area contributed by atoms with Crippen molar-refractivity contribution in [3.8, 4) is 0 Å². The fourth-order valence-electron chi connectivity index (χ4n) is 3.71. The van der Waals surface area contributed by atoms with E-state index >= 15 is 0 Å². The largest absolute Gasteiger partial charge is 0.373 e. The fourth-order valence-corrected chi connectivity index (χ4v) is 3.71. The summed E-state index contributed by atoms with van der Waals surface area (Å²) in [4.78, 5) is 6.72. The van der Waals surface area contributed by atoms with Crippen molar-refractivity contribution in [3.63, 3.8) is 0 Å². The first-order valence-corrected chi connectivity index (χ1v) is 8.26. The van der Waals surface area contributed by atoms with E-state index in [2.05, 4.69) is 9.88 Å². The van der Waals surface area contributed by atoms with Crippen molar-refractivity contribution in [3.05, 3.63) is 30.1 Å². The molecule has 0 amide bonds. The average Bonchev–Trinajstić information content (AvgIpc) is 3.24. The first kappa shape index (κ1) is 13.7. The minimum absolute atomic E-state index is 0.255. The lowest BCUT2D eigenvalue weighted by molar-refractivity contribution is -0.117. The number of aromatic nitrogens is 1. The molecule has 21 heavy (non-hydrogen) atoms. The molecule has 4 rings (SSSR count). The Kier molecular flexibility index (Phi) is 3.93. The third-order valence-corrected chi connectivity index (χ3v) is 5.05. The minimum atomic E-state index is 0.255. The molecule has 2 saturated carbocycles. The van der Waals surface area contributed by atoms with Crippen molar-refractivity contribution in [1.29, 1.82) is 0 Å². The average molecular weight is 288 g/mol. The molecule has 0 N–H and O–H groups in total. The summed E-state index contributed by atoms with van der Waals surface area (Å²) in [6, 6.07) is 4.63. The summed E-state index contributed by atoms with van der Waals surface area (Å²) in [5.74, 6) is 0.959. The van der Waals surface area contributed by atoms with Gasteiger partial charge in [0, 0.05) is 31.5 Å². The summed E-state index contributed by atoms with van der Waals surface area (Å²) in [7, 11) is 0. The quantitative estimate of drug-likeness (QED) is 0.832. The molecule has 0 radical (unpaired) electrons. The van der Waals surface area contributed by atoms with Gasteiger partial charge in [-0.2, -0.15) is 0 Å². The van der Waals surface area contributed by atoms with Crippen LogP contribution in [0.4, 0.5) is 0 Å². The van der Waals surface area contributed by atoms with Crippen LogP contribution in [0.5, 0.6) is 0 Å². The Balaban J connectivity index is 1.34. The van der Waals surface area contributed by atoms with Gasteiger partial charge in [-0.25, -0.2) is 0 Å². The normalized spacial score (nSPS) is 33.0. The number of nitrogens with zero attached hydrogens (tertiary/aromatic N) is 2. The van der Waals surface area contributed by atoms with Crippen molar-refractivity contribution in [2.75, 3.05) is 19.7 Å². The van der Waals surface area contributed by atoms with Crippen molar-refractivity contribution in [1.82, 2.24) is 9.88 Å². The second-order valence-corrected chi connectivity index (χ2v) is 6.62. The minimum Gasteiger partial charge on any atom is -0.373 e. The van der Waals surface area contributed by atoms with Gasteiger partial charge in [0.05, 0.1) is 25.4 Å². The number of morpholine rings is 1. The Labute approximate surface area is 126 Å². The highest BCUT2D eigenvalue weighted by Gasteiger charge is 2.44. The lowest BCUT2D eigenvalue weighted by atomic mass is 10.1. The first-order chi connectivity index (χ1) is 10.4. The molecule has 1 aromatic rings. The standard InChI is InChI=1S/C17H24N2O2/c1-2-13(1)11-19-9-10-20-17-15(19)3-4-16(17)21-12-14-5-7-18-8-6-14/h5-8,13,15-17H,1-4,9-12H2/t15-,16+,17+/m0/s1. The molecule has 1 saturated heterocycles. The van der Waals surface area contributed by atoms with Crippen LogP contribution in [0, 0.1) is 5.92 Å². The number of rotatable bonds is 5. The molecule has 2 heterocycles. The molecule has 114 valence electrons. The summed E-state index contributed by atoms with van der Waals surface area (Å²) in [6.07, 6.45) is 9.38. The zero-order valence-electron chi connectivity index (χ0n) is 12.5. The first-order valence-electron chi connectivity index (χ1n) is 8.26. The molecule has 4 heteroatoms. The number of fused-ring (bicyclic) bond motifs is 1. The van der Waals surface area contributed by atoms with Gasteiger partial charge in [-0.05, 0) is 49.3 Å². The smallest absolute Gasteiger partial charge is 0.0992 e. The molecule has 3 fully saturated rings. The molecule has 2 aliphatic carbocycles. The van der Waals surface area contributed by atoms with E-state index in [9.17, 15) is 0 Å². The SMILES string of the molecule is c1cc(CO[C@@H]2CC[C@H]3[C@H]2OCCN3CC2CC2)ccn1. The van der Waals surface area contributed by atoms with Gasteiger partial charge in [0.25, 0.3) is 0 Å². The maximum atomic E-state index is 6.15. The van der Waals surface area contributed by atoms with Crippen LogP contribution >= 0.6 is 0 Å². The summed E-state index contributed by atoms with van der Waals surface area (Å²) >= 11 is 0. The lowest BCUT2D eigenvalue weighted by Gasteiger charge is -2.39. The topological polar surface area (TPSA) is 34.6 Å². The van der Waals surface area contributed by atoms with Crippen LogP contribution in [0.3, 0.4) is 0 Å². The third kappa shape index (κ3) is 3.12. The van der Waals surface area contributed by atoms with E-state index in [1.165, 1.54) is 31.4 Å². The van der Waals surface area contributed by atoms with Gasteiger partial charge < -0.3 is 9.47 Å². The van der Waals surface area contributed by atoms with E-state index in [0.717, 1.165) is 25.5 Å². The van der Waals surface area contributed by atoms with E-state index in [4.69, 9.17) is 9.47 Å². The lowest BCUT2D eigenvalue weighted by Crippen LogP contribution is -2.52. The molecule has 0 aromatic carbocycles. The molecule has 0 bridgehead atoms. The van der Waals surface area contributed by atoms with E-state index in [1.807, 2.05) is 24.5 Å². The molecule has 3 aliphatic rings. The molecule has 0 unspecified atom stereocenters. The molecule has 4 nitrogen and oxygen atoms in total. The molecule has 1 aliphatic heterocycles. The number of pyridine rings is 1. The predicted molar refractivity (Wildman–Crippen MR) is 79.9 cm³/mol. The van der Waals surface area contributed by atoms with E-state index in [-0.39, 0.29) is 12.2 Å². The Hall–Kier alpha value is -0.970. The highest BCUT2D eigenvalue weighted by atomic mass is 16.5. The highest BCUT2D eigenvalue weighted by Crippen LogP contribution is 2.36. The van der Waals surface area contributed by atoms with Crippen LogP contribution in [0.2, 0.25) is 0 Å². The summed E-state index contributed by atoms with van der Waals surface area (Å²) in [5, 5.41) is 0. The number of hydrogen-bond donors (Lipinski definition) is 0. The molecule has 3 atom stereocenters. The van der Waals surface area contributed by atoms with E-state index < -0.39 is 0 Å². The predicted octanol–water partition coefficient (Wildman–Crippen LogP) is 2.24. The number of hydrogen-bond acceptors (Lipinski definition) is 4. The van der Waals surface area contributed by atoms with Gasteiger partial charge in [0.1, 0.15) is 0 Å². The van der Waals surface area contributed by atoms with Gasteiger partial charge in [-0.1, -0.05) is 0 Å². The van der Waals surface area contributed by atoms with Crippen LogP contribution in [0.15, 0.2) is 24.5 Å². The van der Waals surface area contributed by atoms with E-state index in [1.54, 1.807) is 0 Å². The molecular formula is C17H24N2O2. The zero-order valence-corrected chi connectivity index (χ0v) is 12.5. The van der Waals surface area contributed by atoms with Crippen LogP contribution in [-0.2, 0) is 16.1 Å². The molecular weight excluding hydrogens is 264 g/mol. The molecule has 1 aromatic heterocycles. The maximum Gasteiger partial charge on any atom is 0.0992 e. The maximum absolute atomic E-state index is 6.15. The van der Waals surface area contributed by atoms with Gasteiger partial charge in [-0.15, -0.1) is 0 Å². The number of ether oxygens (including phenoxy) is 2. The third-order valence-electron chi connectivity index (χ3n) is 5.05. The summed E-state index contributed by atoms with van der Waals surface area (Å²) in [5.41, 5.74) is 1.19. The second-order valence-electron chi connectivity index (χ2n) is 6.62. The highest BCUT2D eigenvalue weighted by molar-refractivity contribution is 5.08. The fraction of sp³-hybridized carbons (Fsp3) is 0.706. The summed E-state index contributed by atoms with van der Waals surface area (Å²) in [6.45, 7) is 3.92. The van der Waals surface area contributed by atoms with Crippen molar-refractivity contribution < 1.29 is 9.47 Å². The Morgan fingerprint density at radius 2 is 2.05 bits per heavy atom. The van der Waals surface area contributed by atoms with Crippen LogP contribution < -0.4 is 0 Å². The van der Waals surface area contributed by atoms with Crippen molar-refractivity contribution in [2.45, 2.75) is 50.5 Å².